The molecule has 6 nitrogen and oxygen atoms in total. The van der Waals surface area contributed by atoms with E-state index in [2.05, 4.69) is 22.4 Å². The average Bonchev–Trinajstić information content (AvgIpc) is 3.08. The number of piperazine rings is 1. The molecule has 1 aromatic carbocycles. The van der Waals surface area contributed by atoms with Gasteiger partial charge in [0.05, 0.1) is 15.4 Å². The van der Waals surface area contributed by atoms with Crippen molar-refractivity contribution in [2.24, 2.45) is 5.10 Å². The second-order valence-electron chi connectivity index (χ2n) is 6.30. The number of hydrogen-bond acceptors (Lipinski definition) is 6. The third kappa shape index (κ3) is 3.94. The second-order valence-corrected chi connectivity index (χ2v) is 7.73. The number of hydrazone groups is 1. The molecular formula is C18H24ClN5OS. The van der Waals surface area contributed by atoms with Crippen LogP contribution < -0.4 is 10.3 Å². The summed E-state index contributed by atoms with van der Waals surface area (Å²) in [5.74, 6) is 0.207. The molecule has 2 heterocycles. The first-order chi connectivity index (χ1) is 12.5. The van der Waals surface area contributed by atoms with Crippen molar-refractivity contribution in [2.45, 2.75) is 33.6 Å². The van der Waals surface area contributed by atoms with Crippen molar-refractivity contribution >= 4 is 55.6 Å². The van der Waals surface area contributed by atoms with Crippen molar-refractivity contribution in [2.75, 3.05) is 36.5 Å². The van der Waals surface area contributed by atoms with Gasteiger partial charge < -0.3 is 9.80 Å². The zero-order valence-electron chi connectivity index (χ0n) is 15.4. The molecule has 140 valence electrons. The molecule has 1 aliphatic rings. The number of anilines is 2. The van der Waals surface area contributed by atoms with E-state index in [4.69, 9.17) is 16.6 Å². The van der Waals surface area contributed by atoms with Crippen molar-refractivity contribution in [3.05, 3.63) is 17.2 Å². The van der Waals surface area contributed by atoms with Crippen LogP contribution in [-0.2, 0) is 4.79 Å². The highest BCUT2D eigenvalue weighted by Crippen LogP contribution is 2.38. The Hall–Kier alpha value is -1.86. The van der Waals surface area contributed by atoms with Gasteiger partial charge in [-0.3, -0.25) is 10.2 Å². The maximum absolute atomic E-state index is 11.9. The summed E-state index contributed by atoms with van der Waals surface area (Å²) < 4.78 is 1.07. The van der Waals surface area contributed by atoms with Crippen LogP contribution in [0.1, 0.15) is 33.6 Å². The monoisotopic (exact) mass is 393 g/mol. The molecule has 8 heteroatoms. The molecule has 0 unspecified atom stereocenters. The number of thiazole rings is 1. The summed E-state index contributed by atoms with van der Waals surface area (Å²) >= 11 is 8.08. The number of aromatic nitrogens is 1. The van der Waals surface area contributed by atoms with E-state index in [0.29, 0.717) is 24.5 Å². The van der Waals surface area contributed by atoms with E-state index in [-0.39, 0.29) is 5.91 Å². The number of halogens is 1. The largest absolute Gasteiger partial charge is 0.365 e. The Morgan fingerprint density at radius 3 is 2.65 bits per heavy atom. The Morgan fingerprint density at radius 1 is 1.27 bits per heavy atom. The highest BCUT2D eigenvalue weighted by atomic mass is 35.5. The average molecular weight is 394 g/mol. The highest BCUT2D eigenvalue weighted by molar-refractivity contribution is 7.22. The third-order valence-electron chi connectivity index (χ3n) is 4.59. The SMILES string of the molecule is CCC(=O)N1CCN(c2c(Cl)ccc3sc(N/N=C(\C)CC)nc23)CC1. The fourth-order valence-electron chi connectivity index (χ4n) is 2.93. The quantitative estimate of drug-likeness (QED) is 0.610. The predicted octanol–water partition coefficient (Wildman–Crippen LogP) is 4.21. The van der Waals surface area contributed by atoms with Crippen LogP contribution in [0.15, 0.2) is 17.2 Å². The number of fused-ring (bicyclic) bond motifs is 1. The number of amides is 1. The number of nitrogens with zero attached hydrogens (tertiary/aromatic N) is 4. The summed E-state index contributed by atoms with van der Waals surface area (Å²) in [6.07, 6.45) is 1.45. The minimum atomic E-state index is 0.207. The van der Waals surface area contributed by atoms with E-state index in [1.54, 1.807) is 11.3 Å². The van der Waals surface area contributed by atoms with E-state index in [1.807, 2.05) is 30.9 Å². The standard InChI is InChI=1S/C18H24ClN5OS/c1-4-12(3)21-22-18-20-16-14(26-18)7-6-13(19)17(16)24-10-8-23(9-11-24)15(25)5-2/h6-7H,4-5,8-11H2,1-3H3,(H,20,22)/b21-12+. The summed E-state index contributed by atoms with van der Waals surface area (Å²) in [4.78, 5) is 20.8. The molecule has 0 saturated carbocycles. The lowest BCUT2D eigenvalue weighted by Gasteiger charge is -2.36. The van der Waals surface area contributed by atoms with Gasteiger partial charge in [-0.2, -0.15) is 5.10 Å². The van der Waals surface area contributed by atoms with Crippen LogP contribution in [0.25, 0.3) is 10.2 Å². The number of rotatable bonds is 5. The van der Waals surface area contributed by atoms with E-state index >= 15 is 0 Å². The van der Waals surface area contributed by atoms with Crippen molar-refractivity contribution in [1.29, 1.82) is 0 Å². The molecule has 0 aliphatic carbocycles. The van der Waals surface area contributed by atoms with Gasteiger partial charge >= 0.3 is 0 Å². The van der Waals surface area contributed by atoms with Crippen molar-refractivity contribution < 1.29 is 4.79 Å². The maximum Gasteiger partial charge on any atom is 0.222 e. The van der Waals surface area contributed by atoms with Gasteiger partial charge in [0.25, 0.3) is 0 Å². The molecule has 26 heavy (non-hydrogen) atoms. The minimum Gasteiger partial charge on any atom is -0.365 e. The van der Waals surface area contributed by atoms with Crippen molar-refractivity contribution in [1.82, 2.24) is 9.88 Å². The molecule has 0 bridgehead atoms. The van der Waals surface area contributed by atoms with E-state index < -0.39 is 0 Å². The lowest BCUT2D eigenvalue weighted by Crippen LogP contribution is -2.48. The van der Waals surface area contributed by atoms with E-state index in [0.717, 1.165) is 46.3 Å². The summed E-state index contributed by atoms with van der Waals surface area (Å²) in [6, 6.07) is 3.92. The summed E-state index contributed by atoms with van der Waals surface area (Å²) in [5.41, 5.74) is 5.92. The van der Waals surface area contributed by atoms with Gasteiger partial charge in [0.1, 0.15) is 5.52 Å². The zero-order valence-corrected chi connectivity index (χ0v) is 17.0. The van der Waals surface area contributed by atoms with Crippen LogP contribution in [-0.4, -0.2) is 47.7 Å². The molecule has 1 N–H and O–H groups in total. The normalized spacial score (nSPS) is 15.6. The molecule has 0 spiro atoms. The molecule has 1 saturated heterocycles. The van der Waals surface area contributed by atoms with Crippen LogP contribution in [0, 0.1) is 0 Å². The summed E-state index contributed by atoms with van der Waals surface area (Å²) in [7, 11) is 0. The first kappa shape index (κ1) is 18.9. The topological polar surface area (TPSA) is 60.8 Å². The van der Waals surface area contributed by atoms with Gasteiger partial charge in [0.2, 0.25) is 11.0 Å². The molecular weight excluding hydrogens is 370 g/mol. The predicted molar refractivity (Wildman–Crippen MR) is 111 cm³/mol. The van der Waals surface area contributed by atoms with Crippen LogP contribution >= 0.6 is 22.9 Å². The smallest absolute Gasteiger partial charge is 0.222 e. The van der Waals surface area contributed by atoms with Gasteiger partial charge in [-0.25, -0.2) is 4.98 Å². The first-order valence-electron chi connectivity index (χ1n) is 8.94. The molecule has 3 rings (SSSR count). The Labute approximate surface area is 162 Å². The summed E-state index contributed by atoms with van der Waals surface area (Å²) in [5, 5.41) is 5.79. The highest BCUT2D eigenvalue weighted by Gasteiger charge is 2.24. The summed E-state index contributed by atoms with van der Waals surface area (Å²) in [6.45, 7) is 8.91. The van der Waals surface area contributed by atoms with Crippen LogP contribution in [0.2, 0.25) is 5.02 Å². The Morgan fingerprint density at radius 2 is 2.00 bits per heavy atom. The second kappa shape index (κ2) is 8.22. The molecule has 0 radical (unpaired) electrons. The number of hydrogen-bond donors (Lipinski definition) is 1. The van der Waals surface area contributed by atoms with E-state index in [1.165, 1.54) is 0 Å². The maximum atomic E-state index is 11.9. The van der Waals surface area contributed by atoms with Gasteiger partial charge in [-0.15, -0.1) is 0 Å². The first-order valence-corrected chi connectivity index (χ1v) is 10.1. The van der Waals surface area contributed by atoms with Gasteiger partial charge in [0, 0.05) is 38.3 Å². The van der Waals surface area contributed by atoms with Crippen LogP contribution in [0.5, 0.6) is 0 Å². The van der Waals surface area contributed by atoms with Gasteiger partial charge in [-0.05, 0) is 25.5 Å². The lowest BCUT2D eigenvalue weighted by atomic mass is 10.2. The molecule has 2 aromatic rings. The lowest BCUT2D eigenvalue weighted by molar-refractivity contribution is -0.131. The van der Waals surface area contributed by atoms with Gasteiger partial charge in [0.15, 0.2) is 0 Å². The fraction of sp³-hybridized carbons (Fsp3) is 0.500. The number of carbonyl (C=O) groups excluding carboxylic acids is 1. The van der Waals surface area contributed by atoms with Crippen LogP contribution in [0.3, 0.4) is 0 Å². The molecule has 1 aromatic heterocycles. The van der Waals surface area contributed by atoms with Crippen molar-refractivity contribution in [3.63, 3.8) is 0 Å². The Bertz CT molecular complexity index is 826. The third-order valence-corrected chi connectivity index (χ3v) is 5.82. The zero-order chi connectivity index (χ0) is 18.7. The van der Waals surface area contributed by atoms with Crippen molar-refractivity contribution in [3.8, 4) is 0 Å². The van der Waals surface area contributed by atoms with Crippen LogP contribution in [0.4, 0.5) is 10.8 Å². The number of benzene rings is 1. The minimum absolute atomic E-state index is 0.207. The molecule has 1 amide bonds. The molecule has 1 aliphatic heterocycles. The number of nitrogens with one attached hydrogen (secondary N) is 1. The van der Waals surface area contributed by atoms with Gasteiger partial charge in [-0.1, -0.05) is 36.8 Å². The fourth-order valence-corrected chi connectivity index (χ4v) is 4.01. The molecule has 1 fully saturated rings. The van der Waals surface area contributed by atoms with E-state index in [9.17, 15) is 4.79 Å². The Balaban J connectivity index is 1.85. The number of carbonyl (C=O) groups is 1. The molecule has 0 atom stereocenters. The Kier molecular flexibility index (Phi) is 5.98.